The predicted octanol–water partition coefficient (Wildman–Crippen LogP) is 1.85. The minimum Gasteiger partial charge on any atom is -0.481 e. The Labute approximate surface area is 121 Å². The van der Waals surface area contributed by atoms with E-state index in [-0.39, 0.29) is 18.4 Å². The first kappa shape index (κ1) is 18.7. The van der Waals surface area contributed by atoms with Gasteiger partial charge in [-0.05, 0) is 32.1 Å². The number of nitrogens with one attached hydrogen (secondary N) is 2. The van der Waals surface area contributed by atoms with Crippen LogP contribution in [0.3, 0.4) is 0 Å². The van der Waals surface area contributed by atoms with Crippen LogP contribution in [0.2, 0.25) is 0 Å². The molecule has 1 atom stereocenters. The van der Waals surface area contributed by atoms with Crippen LogP contribution in [-0.2, 0) is 9.53 Å². The van der Waals surface area contributed by atoms with E-state index < -0.39 is 11.6 Å². The van der Waals surface area contributed by atoms with Gasteiger partial charge in [-0.25, -0.2) is 4.79 Å². The van der Waals surface area contributed by atoms with Gasteiger partial charge in [0.1, 0.15) is 0 Å². The van der Waals surface area contributed by atoms with Crippen molar-refractivity contribution in [2.45, 2.75) is 46.1 Å². The van der Waals surface area contributed by atoms with E-state index in [2.05, 4.69) is 10.6 Å². The van der Waals surface area contributed by atoms with E-state index in [0.29, 0.717) is 19.0 Å². The predicted molar refractivity (Wildman–Crippen MR) is 77.7 cm³/mol. The molecule has 20 heavy (non-hydrogen) atoms. The van der Waals surface area contributed by atoms with Crippen molar-refractivity contribution in [2.24, 2.45) is 11.8 Å². The molecule has 0 aliphatic rings. The summed E-state index contributed by atoms with van der Waals surface area (Å²) in [5, 5.41) is 14.3. The van der Waals surface area contributed by atoms with Crippen LogP contribution in [-0.4, -0.2) is 42.9 Å². The molecule has 6 heteroatoms. The number of ether oxygens (including phenoxy) is 1. The monoisotopic (exact) mass is 288 g/mol. The van der Waals surface area contributed by atoms with Crippen LogP contribution in [0.1, 0.15) is 40.5 Å². The van der Waals surface area contributed by atoms with Gasteiger partial charge in [-0.2, -0.15) is 0 Å². The molecule has 0 spiro atoms. The Balaban J connectivity index is 4.13. The summed E-state index contributed by atoms with van der Waals surface area (Å²) in [5.74, 6) is -0.483. The van der Waals surface area contributed by atoms with Crippen molar-refractivity contribution in [1.29, 1.82) is 0 Å². The maximum atomic E-state index is 11.7. The van der Waals surface area contributed by atoms with Gasteiger partial charge in [0.25, 0.3) is 0 Å². The number of aliphatic carboxylic acids is 1. The average Bonchev–Trinajstić information content (AvgIpc) is 2.32. The van der Waals surface area contributed by atoms with Crippen LogP contribution in [0.15, 0.2) is 0 Å². The summed E-state index contributed by atoms with van der Waals surface area (Å²) in [6, 6.07) is -0.297. The van der Waals surface area contributed by atoms with Crippen molar-refractivity contribution in [2.75, 3.05) is 20.2 Å². The molecule has 118 valence electrons. The molecule has 0 saturated carbocycles. The molecule has 0 aromatic rings. The third kappa shape index (κ3) is 9.61. The fourth-order valence-corrected chi connectivity index (χ4v) is 1.82. The van der Waals surface area contributed by atoms with Gasteiger partial charge in [-0.1, -0.05) is 13.8 Å². The van der Waals surface area contributed by atoms with Crippen LogP contribution in [0.4, 0.5) is 4.79 Å². The molecule has 0 radical (unpaired) electrons. The van der Waals surface area contributed by atoms with Crippen molar-refractivity contribution < 1.29 is 19.4 Å². The number of amides is 2. The molecule has 0 bridgehead atoms. The Hall–Kier alpha value is -1.30. The molecule has 1 unspecified atom stereocenters. The van der Waals surface area contributed by atoms with Gasteiger partial charge in [-0.3, -0.25) is 4.79 Å². The maximum Gasteiger partial charge on any atom is 0.314 e. The van der Waals surface area contributed by atoms with E-state index in [9.17, 15) is 9.59 Å². The van der Waals surface area contributed by atoms with Crippen LogP contribution >= 0.6 is 0 Å². The molecule has 0 heterocycles. The summed E-state index contributed by atoms with van der Waals surface area (Å²) >= 11 is 0. The Kier molecular flexibility index (Phi) is 8.22. The number of carboxylic acid groups (broad SMARTS) is 1. The number of urea groups is 1. The van der Waals surface area contributed by atoms with Crippen LogP contribution in [0.5, 0.6) is 0 Å². The van der Waals surface area contributed by atoms with E-state index in [0.717, 1.165) is 6.42 Å². The highest BCUT2D eigenvalue weighted by Crippen LogP contribution is 2.14. The van der Waals surface area contributed by atoms with Gasteiger partial charge in [0, 0.05) is 26.6 Å². The van der Waals surface area contributed by atoms with Crippen LogP contribution < -0.4 is 10.6 Å². The van der Waals surface area contributed by atoms with E-state index in [1.54, 1.807) is 7.11 Å². The lowest BCUT2D eigenvalue weighted by atomic mass is 9.94. The number of methoxy groups -OCH3 is 1. The molecule has 0 saturated heterocycles. The lowest BCUT2D eigenvalue weighted by molar-refractivity contribution is -0.138. The molecular weight excluding hydrogens is 260 g/mol. The summed E-state index contributed by atoms with van der Waals surface area (Å²) in [6.07, 6.45) is 0.845. The number of rotatable bonds is 9. The molecule has 3 N–H and O–H groups in total. The zero-order chi connectivity index (χ0) is 15.8. The number of carbonyl (C=O) groups excluding carboxylic acids is 1. The van der Waals surface area contributed by atoms with Crippen molar-refractivity contribution in [1.82, 2.24) is 10.6 Å². The van der Waals surface area contributed by atoms with E-state index in [4.69, 9.17) is 9.84 Å². The minimum absolute atomic E-state index is 0.0475. The summed E-state index contributed by atoms with van der Waals surface area (Å²) in [5.41, 5.74) is -0.421. The van der Waals surface area contributed by atoms with Gasteiger partial charge in [0.05, 0.1) is 5.60 Å². The Morgan fingerprint density at radius 1 is 1.25 bits per heavy atom. The summed E-state index contributed by atoms with van der Waals surface area (Å²) in [7, 11) is 1.59. The Morgan fingerprint density at radius 3 is 2.30 bits per heavy atom. The van der Waals surface area contributed by atoms with Gasteiger partial charge < -0.3 is 20.5 Å². The lowest BCUT2D eigenvalue weighted by Crippen LogP contribution is -2.45. The zero-order valence-electron chi connectivity index (χ0n) is 13.2. The standard InChI is InChI=1S/C14H28N2O4/c1-10(2)6-11(7-12(17)18)8-15-13(19)16-9-14(3,4)20-5/h10-11H,6-9H2,1-5H3,(H,17,18)(H2,15,16,19). The third-order valence-corrected chi connectivity index (χ3v) is 3.05. The van der Waals surface area contributed by atoms with E-state index in [1.807, 2.05) is 27.7 Å². The van der Waals surface area contributed by atoms with Gasteiger partial charge >= 0.3 is 12.0 Å². The summed E-state index contributed by atoms with van der Waals surface area (Å²) < 4.78 is 5.20. The van der Waals surface area contributed by atoms with Gasteiger partial charge in [-0.15, -0.1) is 0 Å². The van der Waals surface area contributed by atoms with E-state index >= 15 is 0 Å². The quantitative estimate of drug-likeness (QED) is 0.604. The van der Waals surface area contributed by atoms with Gasteiger partial charge in [0.2, 0.25) is 0 Å². The molecule has 0 aliphatic heterocycles. The molecule has 0 aromatic carbocycles. The fraction of sp³-hybridized carbons (Fsp3) is 0.857. The first-order valence-electron chi connectivity index (χ1n) is 6.95. The van der Waals surface area contributed by atoms with Crippen LogP contribution in [0, 0.1) is 11.8 Å². The molecule has 0 aromatic heterocycles. The number of carboxylic acids is 1. The Bertz CT molecular complexity index is 316. The molecule has 0 rings (SSSR count). The van der Waals surface area contributed by atoms with Crippen molar-refractivity contribution in [3.8, 4) is 0 Å². The van der Waals surface area contributed by atoms with E-state index in [1.165, 1.54) is 0 Å². The highest BCUT2D eigenvalue weighted by Gasteiger charge is 2.19. The van der Waals surface area contributed by atoms with Gasteiger partial charge in [0.15, 0.2) is 0 Å². The first-order chi connectivity index (χ1) is 9.16. The highest BCUT2D eigenvalue weighted by molar-refractivity contribution is 5.74. The SMILES string of the molecule is COC(C)(C)CNC(=O)NCC(CC(=O)O)CC(C)C. The number of hydrogen-bond donors (Lipinski definition) is 3. The van der Waals surface area contributed by atoms with Crippen molar-refractivity contribution in [3.63, 3.8) is 0 Å². The second kappa shape index (κ2) is 8.79. The second-order valence-corrected chi connectivity index (χ2v) is 6.12. The maximum absolute atomic E-state index is 11.7. The molecule has 6 nitrogen and oxygen atoms in total. The molecule has 0 aliphatic carbocycles. The topological polar surface area (TPSA) is 87.7 Å². The third-order valence-electron chi connectivity index (χ3n) is 3.05. The number of hydrogen-bond acceptors (Lipinski definition) is 3. The molecule has 2 amide bonds. The number of carbonyl (C=O) groups is 2. The molecule has 0 fully saturated rings. The smallest absolute Gasteiger partial charge is 0.314 e. The zero-order valence-corrected chi connectivity index (χ0v) is 13.2. The first-order valence-corrected chi connectivity index (χ1v) is 6.95. The fourth-order valence-electron chi connectivity index (χ4n) is 1.82. The summed E-state index contributed by atoms with van der Waals surface area (Å²) in [6.45, 7) is 8.58. The normalized spacial score (nSPS) is 13.1. The average molecular weight is 288 g/mol. The van der Waals surface area contributed by atoms with Crippen LogP contribution in [0.25, 0.3) is 0 Å². The molecular formula is C14H28N2O4. The summed E-state index contributed by atoms with van der Waals surface area (Å²) in [4.78, 5) is 22.4. The Morgan fingerprint density at radius 2 is 1.85 bits per heavy atom. The highest BCUT2D eigenvalue weighted by atomic mass is 16.5. The second-order valence-electron chi connectivity index (χ2n) is 6.12. The van der Waals surface area contributed by atoms with Crippen molar-refractivity contribution >= 4 is 12.0 Å². The largest absolute Gasteiger partial charge is 0.481 e. The minimum atomic E-state index is -0.835. The van der Waals surface area contributed by atoms with Crippen molar-refractivity contribution in [3.05, 3.63) is 0 Å². The lowest BCUT2D eigenvalue weighted by Gasteiger charge is -2.24.